The molecule has 1 N–H and O–H groups in total. The van der Waals surface area contributed by atoms with Gasteiger partial charge in [0.2, 0.25) is 0 Å². The van der Waals surface area contributed by atoms with E-state index < -0.39 is 12.1 Å². The second-order valence-corrected chi connectivity index (χ2v) is 7.37. The second-order valence-electron chi connectivity index (χ2n) is 7.37. The Hall–Kier alpha value is -1.26. The minimum atomic E-state index is -0.616. The van der Waals surface area contributed by atoms with E-state index in [2.05, 4.69) is 17.0 Å². The molecular formula is C22H43NO4. The topological polar surface area (TPSA) is 64.6 Å². The Kier molecular flexibility index (Phi) is 20.1. The van der Waals surface area contributed by atoms with Crippen LogP contribution < -0.4 is 5.32 Å². The summed E-state index contributed by atoms with van der Waals surface area (Å²) in [6.07, 6.45) is 20.5. The molecule has 0 saturated heterocycles. The quantitative estimate of drug-likeness (QED) is 0.214. The van der Waals surface area contributed by atoms with Crippen LogP contribution in [0.25, 0.3) is 0 Å². The Morgan fingerprint density at radius 3 is 1.48 bits per heavy atom. The van der Waals surface area contributed by atoms with Crippen molar-refractivity contribution < 1.29 is 19.1 Å². The van der Waals surface area contributed by atoms with Gasteiger partial charge < -0.3 is 14.8 Å². The molecule has 1 amide bonds. The first-order valence-electron chi connectivity index (χ1n) is 11.2. The number of nitrogens with one attached hydrogen (secondary N) is 1. The molecule has 0 saturated carbocycles. The van der Waals surface area contributed by atoms with Gasteiger partial charge in [-0.2, -0.15) is 0 Å². The van der Waals surface area contributed by atoms with E-state index in [1.54, 1.807) is 0 Å². The van der Waals surface area contributed by atoms with Crippen LogP contribution in [0.4, 0.5) is 4.79 Å². The molecule has 0 fully saturated rings. The highest BCUT2D eigenvalue weighted by Gasteiger charge is 2.05. The highest BCUT2D eigenvalue weighted by Crippen LogP contribution is 2.13. The Morgan fingerprint density at radius 1 is 0.667 bits per heavy atom. The molecule has 0 radical (unpaired) electrons. The molecule has 5 nitrogen and oxygen atoms in total. The van der Waals surface area contributed by atoms with E-state index in [1.807, 2.05) is 0 Å². The molecule has 27 heavy (non-hydrogen) atoms. The summed E-state index contributed by atoms with van der Waals surface area (Å²) in [6.45, 7) is 2.57. The van der Waals surface area contributed by atoms with Crippen molar-refractivity contribution in [3.63, 3.8) is 0 Å². The lowest BCUT2D eigenvalue weighted by molar-refractivity contribution is -0.142. The van der Waals surface area contributed by atoms with Crippen molar-refractivity contribution in [3.05, 3.63) is 0 Å². The Labute approximate surface area is 167 Å². The summed E-state index contributed by atoms with van der Waals surface area (Å²) in [5, 5.41) is 2.30. The van der Waals surface area contributed by atoms with Gasteiger partial charge in [0, 0.05) is 0 Å². The van der Waals surface area contributed by atoms with Crippen molar-refractivity contribution in [2.75, 3.05) is 20.3 Å². The molecule has 0 aromatic rings. The van der Waals surface area contributed by atoms with Gasteiger partial charge in [-0.1, -0.05) is 103 Å². The number of hydrogen-bond acceptors (Lipinski definition) is 4. The average molecular weight is 386 g/mol. The van der Waals surface area contributed by atoms with Crippen molar-refractivity contribution in [2.45, 2.75) is 110 Å². The fourth-order valence-electron chi connectivity index (χ4n) is 3.10. The van der Waals surface area contributed by atoms with Crippen LogP contribution in [-0.4, -0.2) is 32.3 Å². The summed E-state index contributed by atoms with van der Waals surface area (Å²) in [7, 11) is 1.26. The largest absolute Gasteiger partial charge is 0.464 e. The molecule has 5 heteroatoms. The lowest BCUT2D eigenvalue weighted by Crippen LogP contribution is -2.30. The number of esters is 1. The van der Waals surface area contributed by atoms with Crippen LogP contribution in [-0.2, 0) is 14.3 Å². The van der Waals surface area contributed by atoms with Crippen LogP contribution in [0.5, 0.6) is 0 Å². The summed E-state index contributed by atoms with van der Waals surface area (Å²) in [5.41, 5.74) is 0. The van der Waals surface area contributed by atoms with Crippen molar-refractivity contribution in [2.24, 2.45) is 0 Å². The predicted molar refractivity (Wildman–Crippen MR) is 111 cm³/mol. The van der Waals surface area contributed by atoms with E-state index in [0.717, 1.165) is 12.8 Å². The maximum atomic E-state index is 11.3. The van der Waals surface area contributed by atoms with Gasteiger partial charge in [-0.25, -0.2) is 4.79 Å². The van der Waals surface area contributed by atoms with Crippen molar-refractivity contribution in [1.29, 1.82) is 0 Å². The molecule has 0 spiro atoms. The SMILES string of the molecule is CCCCCCCCCCCCCCCCCCOC(=O)CNC(=O)OC. The average Bonchev–Trinajstić information content (AvgIpc) is 2.68. The lowest BCUT2D eigenvalue weighted by atomic mass is 10.0. The van der Waals surface area contributed by atoms with Crippen LogP contribution in [0.15, 0.2) is 0 Å². The van der Waals surface area contributed by atoms with Crippen molar-refractivity contribution >= 4 is 12.1 Å². The molecule has 0 aliphatic carbocycles. The minimum absolute atomic E-state index is 0.133. The number of carbonyl (C=O) groups excluding carboxylic acids is 2. The van der Waals surface area contributed by atoms with E-state index in [-0.39, 0.29) is 6.54 Å². The summed E-state index contributed by atoms with van der Waals surface area (Å²) >= 11 is 0. The molecule has 0 atom stereocenters. The van der Waals surface area contributed by atoms with Crippen LogP contribution in [0, 0.1) is 0 Å². The van der Waals surface area contributed by atoms with Gasteiger partial charge in [0.1, 0.15) is 6.54 Å². The molecule has 0 rings (SSSR count). The molecule has 0 heterocycles. The molecule has 160 valence electrons. The first kappa shape index (κ1) is 25.7. The number of ether oxygens (including phenoxy) is 2. The maximum Gasteiger partial charge on any atom is 0.407 e. The summed E-state index contributed by atoms with van der Waals surface area (Å²) in [6, 6.07) is 0. The molecule has 0 bridgehead atoms. The van der Waals surface area contributed by atoms with Crippen LogP contribution in [0.1, 0.15) is 110 Å². The zero-order chi connectivity index (χ0) is 20.0. The smallest absolute Gasteiger partial charge is 0.407 e. The number of alkyl carbamates (subject to hydrolysis) is 1. The minimum Gasteiger partial charge on any atom is -0.464 e. The summed E-state index contributed by atoms with van der Waals surface area (Å²) < 4.78 is 9.43. The van der Waals surface area contributed by atoms with E-state index in [9.17, 15) is 9.59 Å². The Bertz CT molecular complexity index is 347. The third kappa shape index (κ3) is 20.9. The second kappa shape index (κ2) is 21.0. The highest BCUT2D eigenvalue weighted by molar-refractivity contribution is 5.77. The summed E-state index contributed by atoms with van der Waals surface area (Å²) in [4.78, 5) is 22.1. The molecule has 0 aliphatic heterocycles. The van der Waals surface area contributed by atoms with Crippen LogP contribution in [0.2, 0.25) is 0 Å². The van der Waals surface area contributed by atoms with E-state index >= 15 is 0 Å². The van der Waals surface area contributed by atoms with Crippen LogP contribution in [0.3, 0.4) is 0 Å². The lowest BCUT2D eigenvalue weighted by Gasteiger charge is -2.06. The van der Waals surface area contributed by atoms with E-state index in [4.69, 9.17) is 4.74 Å². The fraction of sp³-hybridized carbons (Fsp3) is 0.909. The zero-order valence-corrected chi connectivity index (χ0v) is 17.9. The van der Waals surface area contributed by atoms with Crippen molar-refractivity contribution in [1.82, 2.24) is 5.32 Å². The number of methoxy groups -OCH3 is 1. The molecule has 0 aliphatic rings. The first-order chi connectivity index (χ1) is 13.2. The first-order valence-corrected chi connectivity index (χ1v) is 11.2. The molecule has 0 aromatic carbocycles. The molecule has 0 unspecified atom stereocenters. The van der Waals surface area contributed by atoms with Crippen LogP contribution >= 0.6 is 0 Å². The Balaban J connectivity index is 3.12. The normalized spacial score (nSPS) is 10.6. The number of unbranched alkanes of at least 4 members (excludes halogenated alkanes) is 15. The number of rotatable bonds is 19. The molecular weight excluding hydrogens is 342 g/mol. The third-order valence-corrected chi connectivity index (χ3v) is 4.82. The zero-order valence-electron chi connectivity index (χ0n) is 17.9. The highest BCUT2D eigenvalue weighted by atomic mass is 16.5. The van der Waals surface area contributed by atoms with Gasteiger partial charge in [0.25, 0.3) is 0 Å². The monoisotopic (exact) mass is 385 g/mol. The number of hydrogen-bond donors (Lipinski definition) is 1. The maximum absolute atomic E-state index is 11.3. The van der Waals surface area contributed by atoms with E-state index in [0.29, 0.717) is 6.61 Å². The van der Waals surface area contributed by atoms with Gasteiger partial charge >= 0.3 is 12.1 Å². The summed E-state index contributed by atoms with van der Waals surface area (Å²) in [5.74, 6) is -0.415. The third-order valence-electron chi connectivity index (χ3n) is 4.82. The van der Waals surface area contributed by atoms with Gasteiger partial charge in [0.05, 0.1) is 13.7 Å². The van der Waals surface area contributed by atoms with Gasteiger partial charge in [-0.3, -0.25) is 4.79 Å². The molecule has 0 aromatic heterocycles. The van der Waals surface area contributed by atoms with Crippen molar-refractivity contribution in [3.8, 4) is 0 Å². The van der Waals surface area contributed by atoms with Gasteiger partial charge in [0.15, 0.2) is 0 Å². The predicted octanol–water partition coefficient (Wildman–Crippen LogP) is 6.15. The number of amides is 1. The Morgan fingerprint density at radius 2 is 1.07 bits per heavy atom. The van der Waals surface area contributed by atoms with Gasteiger partial charge in [-0.15, -0.1) is 0 Å². The standard InChI is InChI=1S/C22H43NO4/c1-3-4-5-6-7-8-9-10-11-12-13-14-15-16-17-18-19-27-21(24)20-23-22(25)26-2/h3-20H2,1-2H3,(H,23,25). The fourth-order valence-corrected chi connectivity index (χ4v) is 3.10. The van der Waals surface area contributed by atoms with E-state index in [1.165, 1.54) is 97.0 Å². The van der Waals surface area contributed by atoms with Gasteiger partial charge in [-0.05, 0) is 6.42 Å². The number of carbonyl (C=O) groups is 2.